The van der Waals surface area contributed by atoms with E-state index in [9.17, 15) is 4.79 Å². The first-order valence-corrected chi connectivity index (χ1v) is 11.4. The maximum atomic E-state index is 11.7. The minimum atomic E-state index is -1.96. The summed E-state index contributed by atoms with van der Waals surface area (Å²) in [6, 6.07) is 5.34. The maximum Gasteiger partial charge on any atom is 0.337 e. The smallest absolute Gasteiger partial charge is 0.337 e. The number of halogens is 2. The summed E-state index contributed by atoms with van der Waals surface area (Å²) in [7, 11) is -0.584. The second-order valence-electron chi connectivity index (χ2n) is 6.54. The fourth-order valence-corrected chi connectivity index (χ4v) is 3.08. The molecular weight excluding hydrogens is 428 g/mol. The van der Waals surface area contributed by atoms with Gasteiger partial charge in [-0.15, -0.1) is 0 Å². The van der Waals surface area contributed by atoms with Crippen LogP contribution in [0.1, 0.15) is 36.7 Å². The van der Waals surface area contributed by atoms with Crippen LogP contribution in [0.5, 0.6) is 5.75 Å². The molecular formula is C16H22Br2O3Si. The van der Waals surface area contributed by atoms with Gasteiger partial charge < -0.3 is 9.16 Å². The van der Waals surface area contributed by atoms with Crippen molar-refractivity contribution in [3.63, 3.8) is 0 Å². The highest BCUT2D eigenvalue weighted by molar-refractivity contribution is 9.28. The van der Waals surface area contributed by atoms with Gasteiger partial charge in [-0.05, 0) is 74.3 Å². The fourth-order valence-electron chi connectivity index (χ4n) is 1.54. The van der Waals surface area contributed by atoms with Gasteiger partial charge in [0.15, 0.2) is 0 Å². The van der Waals surface area contributed by atoms with E-state index < -0.39 is 8.32 Å². The van der Waals surface area contributed by atoms with Crippen molar-refractivity contribution in [1.82, 2.24) is 0 Å². The first-order chi connectivity index (χ1) is 9.98. The second kappa shape index (κ2) is 7.32. The van der Waals surface area contributed by atoms with Crippen LogP contribution in [0.25, 0.3) is 6.08 Å². The molecule has 0 bridgehead atoms. The molecule has 0 fully saturated rings. The lowest BCUT2D eigenvalue weighted by Gasteiger charge is -2.37. The number of carbonyl (C=O) groups is 1. The van der Waals surface area contributed by atoms with E-state index in [1.807, 2.05) is 12.1 Å². The third-order valence-corrected chi connectivity index (χ3v) is 8.67. The highest BCUT2D eigenvalue weighted by Crippen LogP contribution is 2.39. The zero-order valence-corrected chi connectivity index (χ0v) is 18.0. The SMILES string of the molecule is COC(=O)c1ccc(O[Si](C)(C)C(C)(C)C)c(C=C(Br)Br)c1. The molecule has 1 rings (SSSR count). The van der Waals surface area contributed by atoms with Crippen molar-refractivity contribution >= 4 is 52.2 Å². The third-order valence-electron chi connectivity index (χ3n) is 3.87. The van der Waals surface area contributed by atoms with Crippen molar-refractivity contribution in [3.8, 4) is 5.75 Å². The van der Waals surface area contributed by atoms with Crippen molar-refractivity contribution in [2.75, 3.05) is 7.11 Å². The summed E-state index contributed by atoms with van der Waals surface area (Å²) in [6.45, 7) is 11.0. The van der Waals surface area contributed by atoms with Crippen LogP contribution in [0.2, 0.25) is 18.1 Å². The van der Waals surface area contributed by atoms with Crippen molar-refractivity contribution < 1.29 is 14.0 Å². The van der Waals surface area contributed by atoms with Crippen LogP contribution in [0.4, 0.5) is 0 Å². The Kier molecular flexibility index (Phi) is 6.47. The molecule has 6 heteroatoms. The summed E-state index contributed by atoms with van der Waals surface area (Å²) in [5.41, 5.74) is 1.33. The summed E-state index contributed by atoms with van der Waals surface area (Å²) in [4.78, 5) is 11.7. The molecule has 1 aromatic carbocycles. The summed E-state index contributed by atoms with van der Waals surface area (Å²) >= 11 is 6.72. The summed E-state index contributed by atoms with van der Waals surface area (Å²) < 4.78 is 11.9. The van der Waals surface area contributed by atoms with Gasteiger partial charge in [0.1, 0.15) is 5.75 Å². The Morgan fingerprint density at radius 1 is 1.23 bits per heavy atom. The van der Waals surface area contributed by atoms with Gasteiger partial charge >= 0.3 is 5.97 Å². The summed E-state index contributed by atoms with van der Waals surface area (Å²) in [5, 5.41) is 0.0979. The Bertz CT molecular complexity index is 586. The molecule has 1 aromatic rings. The van der Waals surface area contributed by atoms with Crippen molar-refractivity contribution in [1.29, 1.82) is 0 Å². The number of benzene rings is 1. The monoisotopic (exact) mass is 448 g/mol. The molecule has 0 aliphatic rings. The highest BCUT2D eigenvalue weighted by Gasteiger charge is 2.39. The lowest BCUT2D eigenvalue weighted by atomic mass is 10.1. The summed E-state index contributed by atoms with van der Waals surface area (Å²) in [5.74, 6) is 0.412. The zero-order chi connectivity index (χ0) is 17.1. The molecule has 122 valence electrons. The largest absolute Gasteiger partial charge is 0.543 e. The number of ether oxygens (including phenoxy) is 1. The summed E-state index contributed by atoms with van der Waals surface area (Å²) in [6.07, 6.45) is 1.87. The van der Waals surface area contributed by atoms with E-state index in [0.717, 1.165) is 14.7 Å². The van der Waals surface area contributed by atoms with Gasteiger partial charge in [-0.1, -0.05) is 20.8 Å². The zero-order valence-electron chi connectivity index (χ0n) is 13.8. The second-order valence-corrected chi connectivity index (χ2v) is 14.0. The molecule has 0 saturated carbocycles. The van der Waals surface area contributed by atoms with E-state index in [0.29, 0.717) is 5.56 Å². The molecule has 0 aromatic heterocycles. The van der Waals surface area contributed by atoms with Crippen molar-refractivity contribution in [2.45, 2.75) is 38.9 Å². The van der Waals surface area contributed by atoms with Crippen LogP contribution in [-0.2, 0) is 4.74 Å². The molecule has 0 N–H and O–H groups in total. The normalized spacial score (nSPS) is 11.8. The van der Waals surface area contributed by atoms with Crippen LogP contribution in [0.3, 0.4) is 0 Å². The number of esters is 1. The van der Waals surface area contributed by atoms with Crippen LogP contribution < -0.4 is 4.43 Å². The van der Waals surface area contributed by atoms with Crippen molar-refractivity contribution in [2.24, 2.45) is 0 Å². The lowest BCUT2D eigenvalue weighted by molar-refractivity contribution is 0.0600. The number of hydrogen-bond acceptors (Lipinski definition) is 3. The quantitative estimate of drug-likeness (QED) is 0.421. The van der Waals surface area contributed by atoms with E-state index >= 15 is 0 Å². The molecule has 0 unspecified atom stereocenters. The number of rotatable bonds is 4. The molecule has 0 saturated heterocycles. The highest BCUT2D eigenvalue weighted by atomic mass is 79.9. The van der Waals surface area contributed by atoms with Gasteiger partial charge in [0.2, 0.25) is 0 Å². The minimum Gasteiger partial charge on any atom is -0.543 e. The minimum absolute atomic E-state index is 0.0979. The Labute approximate surface area is 150 Å². The van der Waals surface area contributed by atoms with E-state index in [4.69, 9.17) is 9.16 Å². The Morgan fingerprint density at radius 2 is 1.82 bits per heavy atom. The number of carbonyl (C=O) groups excluding carboxylic acids is 1. The fraction of sp³-hybridized carbons (Fsp3) is 0.438. The standard InChI is InChI=1S/C16H22Br2O3Si/c1-16(2,3)22(5,6)21-13-8-7-11(15(19)20-4)9-12(13)10-14(17)18/h7-10H,1-6H3. The maximum absolute atomic E-state index is 11.7. The van der Waals surface area contributed by atoms with Gasteiger partial charge in [0.05, 0.1) is 16.1 Å². The van der Waals surface area contributed by atoms with Gasteiger partial charge in [0.25, 0.3) is 8.32 Å². The Balaban J connectivity index is 3.30. The van der Waals surface area contributed by atoms with Gasteiger partial charge in [-0.2, -0.15) is 0 Å². The molecule has 0 spiro atoms. The molecule has 0 radical (unpaired) electrons. The lowest BCUT2D eigenvalue weighted by Crippen LogP contribution is -2.44. The van der Waals surface area contributed by atoms with Gasteiger partial charge in [0, 0.05) is 5.56 Å². The first kappa shape index (κ1) is 19.5. The van der Waals surface area contributed by atoms with Crippen molar-refractivity contribution in [3.05, 3.63) is 32.7 Å². The molecule has 0 aliphatic carbocycles. The first-order valence-electron chi connectivity index (χ1n) is 6.92. The van der Waals surface area contributed by atoms with Crippen LogP contribution in [0.15, 0.2) is 21.6 Å². The van der Waals surface area contributed by atoms with Gasteiger partial charge in [-0.25, -0.2) is 4.79 Å². The third kappa shape index (κ3) is 4.96. The van der Waals surface area contributed by atoms with Crippen LogP contribution in [0, 0.1) is 0 Å². The van der Waals surface area contributed by atoms with Crippen LogP contribution in [-0.4, -0.2) is 21.4 Å². The topological polar surface area (TPSA) is 35.5 Å². The Hall–Kier alpha value is -0.593. The number of hydrogen-bond donors (Lipinski definition) is 0. The molecule has 22 heavy (non-hydrogen) atoms. The average molecular weight is 450 g/mol. The predicted octanol–water partition coefficient (Wildman–Crippen LogP) is 5.95. The van der Waals surface area contributed by atoms with Crippen LogP contribution >= 0.6 is 31.9 Å². The molecule has 0 heterocycles. The molecule has 0 aliphatic heterocycles. The molecule has 3 nitrogen and oxygen atoms in total. The number of methoxy groups -OCH3 is 1. The van der Waals surface area contributed by atoms with E-state index in [1.54, 1.807) is 12.1 Å². The molecule has 0 amide bonds. The Morgan fingerprint density at radius 3 is 2.27 bits per heavy atom. The average Bonchev–Trinajstić information content (AvgIpc) is 2.37. The predicted molar refractivity (Wildman–Crippen MR) is 101 cm³/mol. The van der Waals surface area contributed by atoms with Gasteiger partial charge in [-0.3, -0.25) is 0 Å². The van der Waals surface area contributed by atoms with E-state index in [1.165, 1.54) is 7.11 Å². The molecule has 0 atom stereocenters. The van der Waals surface area contributed by atoms with E-state index in [-0.39, 0.29) is 11.0 Å². The van der Waals surface area contributed by atoms with E-state index in [2.05, 4.69) is 65.7 Å².